The molecular weight excluding hydrogens is 164 g/mol. The Hall–Kier alpha value is -0.220. The van der Waals surface area contributed by atoms with Crippen LogP contribution in [0, 0.1) is 0 Å². The van der Waals surface area contributed by atoms with Gasteiger partial charge in [0.05, 0.1) is 0 Å². The van der Waals surface area contributed by atoms with Crippen molar-refractivity contribution in [3.05, 3.63) is 0 Å². The Morgan fingerprint density at radius 2 is 2.09 bits per heavy atom. The molecule has 0 aliphatic heterocycles. The fourth-order valence-electron chi connectivity index (χ4n) is 0.539. The highest BCUT2D eigenvalue weighted by Gasteiger charge is 2.12. The molecular formula is C7H14O3S. The molecule has 66 valence electrons. The van der Waals surface area contributed by atoms with Crippen molar-refractivity contribution in [1.82, 2.24) is 0 Å². The van der Waals surface area contributed by atoms with Crippen LogP contribution in [0.3, 0.4) is 0 Å². The van der Waals surface area contributed by atoms with Crippen molar-refractivity contribution >= 4 is 17.7 Å². The summed E-state index contributed by atoms with van der Waals surface area (Å²) in [7, 11) is 0. The topological polar surface area (TPSA) is 57.5 Å². The second-order valence-electron chi connectivity index (χ2n) is 2.56. The predicted octanol–water partition coefficient (Wildman–Crippen LogP) is 0.964. The molecule has 0 aromatic heterocycles. The molecule has 0 spiro atoms. The van der Waals surface area contributed by atoms with E-state index in [2.05, 4.69) is 0 Å². The van der Waals surface area contributed by atoms with Crippen molar-refractivity contribution in [1.29, 1.82) is 0 Å². The second kappa shape index (κ2) is 5.43. The van der Waals surface area contributed by atoms with Crippen molar-refractivity contribution in [3.8, 4) is 0 Å². The zero-order valence-corrected chi connectivity index (χ0v) is 7.60. The largest absolute Gasteiger partial charge is 0.479 e. The van der Waals surface area contributed by atoms with Crippen LogP contribution in [0.1, 0.15) is 20.3 Å². The van der Waals surface area contributed by atoms with Crippen LogP contribution >= 0.6 is 11.8 Å². The van der Waals surface area contributed by atoms with E-state index in [1.165, 1.54) is 0 Å². The van der Waals surface area contributed by atoms with Crippen molar-refractivity contribution < 1.29 is 15.0 Å². The molecule has 0 aliphatic rings. The van der Waals surface area contributed by atoms with E-state index in [9.17, 15) is 4.79 Å². The Labute approximate surface area is 70.8 Å². The Bertz CT molecular complexity index is 125. The summed E-state index contributed by atoms with van der Waals surface area (Å²) < 4.78 is 0. The van der Waals surface area contributed by atoms with Crippen LogP contribution in [0.15, 0.2) is 0 Å². The number of aliphatic carboxylic acids is 1. The van der Waals surface area contributed by atoms with Gasteiger partial charge in [0.25, 0.3) is 0 Å². The third kappa shape index (κ3) is 6.19. The van der Waals surface area contributed by atoms with Crippen LogP contribution in [-0.4, -0.2) is 33.3 Å². The van der Waals surface area contributed by atoms with E-state index in [4.69, 9.17) is 10.2 Å². The van der Waals surface area contributed by atoms with Crippen molar-refractivity contribution in [2.24, 2.45) is 0 Å². The van der Waals surface area contributed by atoms with E-state index in [1.54, 1.807) is 11.8 Å². The first-order valence-corrected chi connectivity index (χ1v) is 4.61. The lowest BCUT2D eigenvalue weighted by molar-refractivity contribution is -0.146. The number of aliphatic hydroxyl groups is 1. The van der Waals surface area contributed by atoms with Gasteiger partial charge >= 0.3 is 5.97 Å². The number of aliphatic hydroxyl groups excluding tert-OH is 1. The van der Waals surface area contributed by atoms with E-state index < -0.39 is 12.1 Å². The predicted molar refractivity (Wildman–Crippen MR) is 45.9 cm³/mol. The standard InChI is InChI=1S/C7H14O3S/c1-5(2)11-4-3-6(8)7(9)10/h5-6,8H,3-4H2,1-2H3,(H,9,10)/t6-/m0/s1. The summed E-state index contributed by atoms with van der Waals surface area (Å²) in [6, 6.07) is 0. The number of carboxylic acids is 1. The molecule has 4 heteroatoms. The molecule has 0 aromatic rings. The fraction of sp³-hybridized carbons (Fsp3) is 0.857. The van der Waals surface area contributed by atoms with Crippen LogP contribution in [0.4, 0.5) is 0 Å². The number of carbonyl (C=O) groups is 1. The molecule has 0 bridgehead atoms. The minimum absolute atomic E-state index is 0.332. The minimum atomic E-state index is -1.19. The van der Waals surface area contributed by atoms with Gasteiger partial charge in [-0.2, -0.15) is 11.8 Å². The summed E-state index contributed by atoms with van der Waals surface area (Å²) in [5.74, 6) is -0.431. The molecule has 0 aliphatic carbocycles. The quantitative estimate of drug-likeness (QED) is 0.658. The molecule has 0 radical (unpaired) electrons. The lowest BCUT2D eigenvalue weighted by Gasteiger charge is -2.06. The zero-order chi connectivity index (χ0) is 8.85. The highest BCUT2D eigenvalue weighted by Crippen LogP contribution is 2.11. The Balaban J connectivity index is 3.31. The van der Waals surface area contributed by atoms with Crippen molar-refractivity contribution in [3.63, 3.8) is 0 Å². The monoisotopic (exact) mass is 178 g/mol. The molecule has 0 unspecified atom stereocenters. The van der Waals surface area contributed by atoms with E-state index in [1.807, 2.05) is 13.8 Å². The number of carboxylic acid groups (broad SMARTS) is 1. The summed E-state index contributed by atoms with van der Waals surface area (Å²) in [5, 5.41) is 17.6. The normalized spacial score (nSPS) is 13.5. The van der Waals surface area contributed by atoms with Gasteiger partial charge in [0.2, 0.25) is 0 Å². The van der Waals surface area contributed by atoms with Gasteiger partial charge in [0.1, 0.15) is 0 Å². The second-order valence-corrected chi connectivity index (χ2v) is 4.25. The number of hydrogen-bond donors (Lipinski definition) is 2. The lowest BCUT2D eigenvalue weighted by Crippen LogP contribution is -2.20. The van der Waals surface area contributed by atoms with Gasteiger partial charge in [-0.1, -0.05) is 13.8 Å². The molecule has 0 heterocycles. The molecule has 1 atom stereocenters. The fourth-order valence-corrected chi connectivity index (χ4v) is 1.37. The smallest absolute Gasteiger partial charge is 0.332 e. The highest BCUT2D eigenvalue weighted by atomic mass is 32.2. The van der Waals surface area contributed by atoms with Gasteiger partial charge in [-0.15, -0.1) is 0 Å². The SMILES string of the molecule is CC(C)SCC[C@H](O)C(=O)O. The molecule has 0 aromatic carbocycles. The summed E-state index contributed by atoms with van der Waals surface area (Å²) in [4.78, 5) is 10.1. The maximum Gasteiger partial charge on any atom is 0.332 e. The van der Waals surface area contributed by atoms with E-state index >= 15 is 0 Å². The van der Waals surface area contributed by atoms with Crippen molar-refractivity contribution in [2.75, 3.05) is 5.75 Å². The molecule has 11 heavy (non-hydrogen) atoms. The molecule has 0 saturated carbocycles. The molecule has 0 amide bonds. The minimum Gasteiger partial charge on any atom is -0.479 e. The average molecular weight is 178 g/mol. The zero-order valence-electron chi connectivity index (χ0n) is 6.78. The van der Waals surface area contributed by atoms with Gasteiger partial charge in [0.15, 0.2) is 6.10 Å². The summed E-state index contributed by atoms with van der Waals surface area (Å²) in [6.07, 6.45) is -0.862. The molecule has 2 N–H and O–H groups in total. The van der Waals surface area contributed by atoms with E-state index in [0.717, 1.165) is 0 Å². The molecule has 0 saturated heterocycles. The van der Waals surface area contributed by atoms with Crippen LogP contribution in [0.5, 0.6) is 0 Å². The maximum atomic E-state index is 10.1. The third-order valence-electron chi connectivity index (χ3n) is 1.13. The highest BCUT2D eigenvalue weighted by molar-refractivity contribution is 7.99. The summed E-state index contributed by atoms with van der Waals surface area (Å²) in [5.41, 5.74) is 0. The first kappa shape index (κ1) is 10.8. The first-order valence-electron chi connectivity index (χ1n) is 3.56. The molecule has 3 nitrogen and oxygen atoms in total. The Morgan fingerprint density at radius 1 is 1.55 bits per heavy atom. The summed E-state index contributed by atoms with van der Waals surface area (Å²) in [6.45, 7) is 4.08. The number of rotatable bonds is 5. The van der Waals surface area contributed by atoms with E-state index in [-0.39, 0.29) is 0 Å². The third-order valence-corrected chi connectivity index (χ3v) is 2.27. The molecule has 0 fully saturated rings. The average Bonchev–Trinajstić information content (AvgIpc) is 1.86. The Morgan fingerprint density at radius 3 is 2.45 bits per heavy atom. The van der Waals surface area contributed by atoms with Crippen LogP contribution in [0.2, 0.25) is 0 Å². The van der Waals surface area contributed by atoms with Gasteiger partial charge in [0, 0.05) is 0 Å². The first-order chi connectivity index (χ1) is 5.04. The lowest BCUT2D eigenvalue weighted by atomic mass is 10.3. The van der Waals surface area contributed by atoms with Crippen molar-refractivity contribution in [2.45, 2.75) is 31.6 Å². The number of thioether (sulfide) groups is 1. The Kier molecular flexibility index (Phi) is 5.32. The van der Waals surface area contributed by atoms with Gasteiger partial charge < -0.3 is 10.2 Å². The summed E-state index contributed by atoms with van der Waals surface area (Å²) >= 11 is 1.65. The van der Waals surface area contributed by atoms with Gasteiger partial charge in [-0.3, -0.25) is 0 Å². The van der Waals surface area contributed by atoms with Crippen LogP contribution in [-0.2, 0) is 4.79 Å². The maximum absolute atomic E-state index is 10.1. The van der Waals surface area contributed by atoms with Crippen LogP contribution < -0.4 is 0 Å². The van der Waals surface area contributed by atoms with E-state index in [0.29, 0.717) is 17.4 Å². The van der Waals surface area contributed by atoms with Gasteiger partial charge in [-0.05, 0) is 17.4 Å². The molecule has 0 rings (SSSR count). The number of hydrogen-bond acceptors (Lipinski definition) is 3. The van der Waals surface area contributed by atoms with Gasteiger partial charge in [-0.25, -0.2) is 4.79 Å². The van der Waals surface area contributed by atoms with Crippen LogP contribution in [0.25, 0.3) is 0 Å².